The van der Waals surface area contributed by atoms with E-state index in [0.717, 1.165) is 60.9 Å². The molecule has 2 aromatic rings. The van der Waals surface area contributed by atoms with Gasteiger partial charge in [0.25, 0.3) is 0 Å². The summed E-state index contributed by atoms with van der Waals surface area (Å²) in [5.74, 6) is 0.443. The number of Topliss-reactive ketones (excluding diaryl/α,β-unsaturated/α-hetero) is 1. The minimum Gasteiger partial charge on any atom is -0.490 e. The number of aliphatic hydroxyl groups excluding tert-OH is 1. The number of rotatable bonds is 8. The Labute approximate surface area is 201 Å². The monoisotopic (exact) mass is 517 g/mol. The highest BCUT2D eigenvalue weighted by molar-refractivity contribution is 9.10. The van der Waals surface area contributed by atoms with E-state index in [1.54, 1.807) is 0 Å². The van der Waals surface area contributed by atoms with E-state index in [-0.39, 0.29) is 19.0 Å². The van der Waals surface area contributed by atoms with Crippen LogP contribution < -0.4 is 9.47 Å². The number of carboxylic acid groups (broad SMARTS) is 1. The first-order valence-electron chi connectivity index (χ1n) is 11.2. The van der Waals surface area contributed by atoms with E-state index in [9.17, 15) is 14.7 Å². The summed E-state index contributed by atoms with van der Waals surface area (Å²) in [5, 5.41) is 18.6. The van der Waals surface area contributed by atoms with Gasteiger partial charge in [0.1, 0.15) is 18.1 Å². The number of carbonyl (C=O) groups excluding carboxylic acids is 1. The summed E-state index contributed by atoms with van der Waals surface area (Å²) in [5.41, 5.74) is 2.71. The summed E-state index contributed by atoms with van der Waals surface area (Å²) >= 11 is 3.41. The van der Waals surface area contributed by atoms with Gasteiger partial charge in [0.15, 0.2) is 18.5 Å². The van der Waals surface area contributed by atoms with Gasteiger partial charge in [-0.05, 0) is 96.0 Å². The third-order valence-electron chi connectivity index (χ3n) is 6.30. The molecule has 0 aliphatic carbocycles. The van der Waals surface area contributed by atoms with Crippen LogP contribution in [-0.4, -0.2) is 65.8 Å². The lowest BCUT2D eigenvalue weighted by Crippen LogP contribution is -2.36. The second-order valence-corrected chi connectivity index (χ2v) is 9.56. The lowest BCUT2D eigenvalue weighted by atomic mass is 9.90. The molecule has 0 radical (unpaired) electrons. The zero-order valence-corrected chi connectivity index (χ0v) is 19.9. The molecule has 0 saturated carbocycles. The Kier molecular flexibility index (Phi) is 7.67. The summed E-state index contributed by atoms with van der Waals surface area (Å²) in [4.78, 5) is 25.4. The molecule has 7 nitrogen and oxygen atoms in total. The smallest absolute Gasteiger partial charge is 0.341 e. The maximum atomic E-state index is 12.2. The molecule has 8 heteroatoms. The van der Waals surface area contributed by atoms with Crippen LogP contribution in [0.15, 0.2) is 40.9 Å². The van der Waals surface area contributed by atoms with Gasteiger partial charge >= 0.3 is 5.97 Å². The van der Waals surface area contributed by atoms with Gasteiger partial charge in [-0.2, -0.15) is 0 Å². The van der Waals surface area contributed by atoms with E-state index in [1.807, 2.05) is 30.3 Å². The minimum atomic E-state index is -1.07. The van der Waals surface area contributed by atoms with Crippen molar-refractivity contribution in [2.24, 2.45) is 5.92 Å². The van der Waals surface area contributed by atoms with Crippen molar-refractivity contribution < 1.29 is 29.3 Å². The van der Waals surface area contributed by atoms with Crippen molar-refractivity contribution in [3.63, 3.8) is 0 Å². The number of ketones is 1. The summed E-state index contributed by atoms with van der Waals surface area (Å²) < 4.78 is 11.6. The first-order chi connectivity index (χ1) is 15.9. The van der Waals surface area contributed by atoms with Crippen LogP contribution in [0, 0.1) is 5.92 Å². The van der Waals surface area contributed by atoms with Gasteiger partial charge in [-0.3, -0.25) is 4.79 Å². The first-order valence-corrected chi connectivity index (χ1v) is 12.0. The van der Waals surface area contributed by atoms with Gasteiger partial charge in [-0.25, -0.2) is 4.79 Å². The van der Waals surface area contributed by atoms with Gasteiger partial charge in [0, 0.05) is 6.54 Å². The van der Waals surface area contributed by atoms with Crippen molar-refractivity contribution in [3.8, 4) is 11.5 Å². The first kappa shape index (κ1) is 23.7. The Balaban J connectivity index is 1.26. The van der Waals surface area contributed by atoms with Crippen LogP contribution in [0.4, 0.5) is 0 Å². The van der Waals surface area contributed by atoms with Crippen LogP contribution in [0.1, 0.15) is 34.3 Å². The maximum absolute atomic E-state index is 12.2. The lowest BCUT2D eigenvalue weighted by Gasteiger charge is -2.32. The van der Waals surface area contributed by atoms with Crippen LogP contribution in [0.5, 0.6) is 11.5 Å². The van der Waals surface area contributed by atoms with Gasteiger partial charge < -0.3 is 24.6 Å². The van der Waals surface area contributed by atoms with E-state index in [1.165, 1.54) is 0 Å². The Morgan fingerprint density at radius 3 is 2.67 bits per heavy atom. The van der Waals surface area contributed by atoms with Crippen molar-refractivity contribution >= 4 is 27.7 Å². The van der Waals surface area contributed by atoms with E-state index in [4.69, 9.17) is 14.6 Å². The molecule has 0 amide bonds. The molecule has 2 aliphatic rings. The molecule has 33 heavy (non-hydrogen) atoms. The minimum absolute atomic E-state index is 0.0249. The number of hydrogen-bond acceptors (Lipinski definition) is 6. The molecule has 0 bridgehead atoms. The molecule has 1 saturated heterocycles. The molecular formula is C25H28BrNO6. The van der Waals surface area contributed by atoms with Gasteiger partial charge in [0.2, 0.25) is 0 Å². The number of benzene rings is 2. The maximum Gasteiger partial charge on any atom is 0.341 e. The SMILES string of the molecule is O=C(O)COc1cc(CC2CCN(CCc3ccc4c(c3)C(=O)C(O)CO4)CC2)ccc1Br. The molecule has 0 spiro atoms. The fourth-order valence-corrected chi connectivity index (χ4v) is 4.80. The molecule has 2 N–H and O–H groups in total. The summed E-state index contributed by atoms with van der Waals surface area (Å²) in [7, 11) is 0. The number of likely N-dealkylation sites (tertiary alicyclic amines) is 1. The van der Waals surface area contributed by atoms with Gasteiger partial charge in [-0.15, -0.1) is 0 Å². The van der Waals surface area contributed by atoms with E-state index < -0.39 is 12.1 Å². The van der Waals surface area contributed by atoms with E-state index >= 15 is 0 Å². The molecule has 1 atom stereocenters. The largest absolute Gasteiger partial charge is 0.490 e. The molecule has 4 rings (SSSR count). The number of ether oxygens (including phenoxy) is 2. The molecule has 2 heterocycles. The number of carbonyl (C=O) groups is 2. The highest BCUT2D eigenvalue weighted by atomic mass is 79.9. The van der Waals surface area contributed by atoms with E-state index in [0.29, 0.717) is 23.0 Å². The Morgan fingerprint density at radius 2 is 1.91 bits per heavy atom. The van der Waals surface area contributed by atoms with E-state index in [2.05, 4.69) is 26.9 Å². The number of hydrogen-bond donors (Lipinski definition) is 2. The van der Waals surface area contributed by atoms with Crippen molar-refractivity contribution in [1.29, 1.82) is 0 Å². The molecular weight excluding hydrogens is 490 g/mol. The molecule has 2 aliphatic heterocycles. The normalized spacial score (nSPS) is 19.1. The van der Waals surface area contributed by atoms with Crippen LogP contribution in [0.25, 0.3) is 0 Å². The molecule has 1 fully saturated rings. The van der Waals surface area contributed by atoms with Crippen LogP contribution >= 0.6 is 15.9 Å². The van der Waals surface area contributed by atoms with Crippen molar-refractivity contribution in [2.45, 2.75) is 31.8 Å². The van der Waals surface area contributed by atoms with Crippen LogP contribution in [0.3, 0.4) is 0 Å². The third kappa shape index (κ3) is 6.13. The summed E-state index contributed by atoms with van der Waals surface area (Å²) in [6.45, 7) is 2.64. The molecule has 2 aromatic carbocycles. The zero-order chi connectivity index (χ0) is 23.4. The van der Waals surface area contributed by atoms with Crippen LogP contribution in [-0.2, 0) is 17.6 Å². The topological polar surface area (TPSA) is 96.3 Å². The number of aliphatic hydroxyl groups is 1. The number of halogens is 1. The Morgan fingerprint density at radius 1 is 1.15 bits per heavy atom. The highest BCUT2D eigenvalue weighted by Gasteiger charge is 2.27. The molecule has 1 unspecified atom stereocenters. The van der Waals surface area contributed by atoms with Gasteiger partial charge in [-0.1, -0.05) is 12.1 Å². The third-order valence-corrected chi connectivity index (χ3v) is 6.96. The fourth-order valence-electron chi connectivity index (χ4n) is 4.43. The Bertz CT molecular complexity index is 1020. The summed E-state index contributed by atoms with van der Waals surface area (Å²) in [6.07, 6.45) is 2.92. The van der Waals surface area contributed by atoms with Crippen molar-refractivity contribution in [1.82, 2.24) is 4.90 Å². The predicted octanol–water partition coefficient (Wildman–Crippen LogP) is 3.35. The second kappa shape index (κ2) is 10.7. The highest BCUT2D eigenvalue weighted by Crippen LogP contribution is 2.30. The average molecular weight is 518 g/mol. The average Bonchev–Trinajstić information content (AvgIpc) is 2.81. The Hall–Kier alpha value is -2.42. The molecule has 0 aromatic heterocycles. The number of piperidine rings is 1. The number of fused-ring (bicyclic) bond motifs is 1. The number of aliphatic carboxylic acids is 1. The van der Waals surface area contributed by atoms with Crippen molar-refractivity contribution in [2.75, 3.05) is 32.8 Å². The number of nitrogens with zero attached hydrogens (tertiary/aromatic N) is 1. The predicted molar refractivity (Wildman–Crippen MR) is 126 cm³/mol. The standard InChI is InChI=1S/C25H28BrNO6/c26-20-3-1-18(13-23(20)33-15-24(29)30)11-17-6-9-27(10-7-17)8-5-16-2-4-22-19(12-16)25(31)21(28)14-32-22/h1-4,12-13,17,21,28H,5-11,14-15H2,(H,29,30). The van der Waals surface area contributed by atoms with Crippen LogP contribution in [0.2, 0.25) is 0 Å². The number of carboxylic acids is 1. The summed E-state index contributed by atoms with van der Waals surface area (Å²) in [6, 6.07) is 11.6. The van der Waals surface area contributed by atoms with Crippen molar-refractivity contribution in [3.05, 3.63) is 57.6 Å². The molecule has 176 valence electrons. The quantitative estimate of drug-likeness (QED) is 0.554. The zero-order valence-electron chi connectivity index (χ0n) is 18.3. The lowest BCUT2D eigenvalue weighted by molar-refractivity contribution is -0.139. The fraction of sp³-hybridized carbons (Fsp3) is 0.440. The second-order valence-electron chi connectivity index (χ2n) is 8.71. The van der Waals surface area contributed by atoms with Gasteiger partial charge in [0.05, 0.1) is 10.0 Å².